The fourth-order valence-electron chi connectivity index (χ4n) is 2.59. The Kier molecular flexibility index (Phi) is 4.12. The minimum absolute atomic E-state index is 0.0550. The topological polar surface area (TPSA) is 103 Å². The molecule has 22 heavy (non-hydrogen) atoms. The average Bonchev–Trinajstić information content (AvgIpc) is 3.13. The SMILES string of the molecule is Cc1cc(C[C@H]2COC[C@H]2NC(=O)c2sc(N)nc2C)on1. The van der Waals surface area contributed by atoms with Crippen LogP contribution in [0.5, 0.6) is 0 Å². The van der Waals surface area contributed by atoms with Gasteiger partial charge in [-0.2, -0.15) is 0 Å². The number of carbonyl (C=O) groups is 1. The number of nitrogens with two attached hydrogens (primary N) is 1. The van der Waals surface area contributed by atoms with E-state index >= 15 is 0 Å². The van der Waals surface area contributed by atoms with Crippen LogP contribution in [0.3, 0.4) is 0 Å². The van der Waals surface area contributed by atoms with Crippen molar-refractivity contribution >= 4 is 22.4 Å². The van der Waals surface area contributed by atoms with Gasteiger partial charge in [0.25, 0.3) is 5.91 Å². The highest BCUT2D eigenvalue weighted by molar-refractivity contribution is 7.17. The van der Waals surface area contributed by atoms with Crippen molar-refractivity contribution in [3.05, 3.63) is 28.1 Å². The molecule has 0 aromatic carbocycles. The van der Waals surface area contributed by atoms with E-state index in [2.05, 4.69) is 15.5 Å². The summed E-state index contributed by atoms with van der Waals surface area (Å²) >= 11 is 1.20. The molecule has 1 aliphatic heterocycles. The lowest BCUT2D eigenvalue weighted by Gasteiger charge is -2.17. The zero-order chi connectivity index (χ0) is 15.7. The van der Waals surface area contributed by atoms with Crippen LogP contribution >= 0.6 is 11.3 Å². The van der Waals surface area contributed by atoms with Crippen LogP contribution in [0.1, 0.15) is 26.8 Å². The summed E-state index contributed by atoms with van der Waals surface area (Å²) in [6.07, 6.45) is 0.690. The number of aryl methyl sites for hydroxylation is 2. The molecule has 1 fully saturated rings. The van der Waals surface area contributed by atoms with Crippen LogP contribution in [0.4, 0.5) is 5.13 Å². The fourth-order valence-corrected chi connectivity index (χ4v) is 3.33. The van der Waals surface area contributed by atoms with E-state index in [9.17, 15) is 4.79 Å². The number of aromatic nitrogens is 2. The van der Waals surface area contributed by atoms with E-state index in [1.54, 1.807) is 6.92 Å². The largest absolute Gasteiger partial charge is 0.379 e. The molecule has 2 aromatic heterocycles. The number of hydrogen-bond donors (Lipinski definition) is 2. The minimum atomic E-state index is -0.152. The average molecular weight is 322 g/mol. The van der Waals surface area contributed by atoms with Gasteiger partial charge >= 0.3 is 0 Å². The van der Waals surface area contributed by atoms with E-state index in [4.69, 9.17) is 15.0 Å². The number of nitrogens with one attached hydrogen (secondary N) is 1. The molecule has 0 saturated carbocycles. The van der Waals surface area contributed by atoms with Gasteiger partial charge in [0.1, 0.15) is 10.6 Å². The van der Waals surface area contributed by atoms with Gasteiger partial charge in [0.15, 0.2) is 5.13 Å². The summed E-state index contributed by atoms with van der Waals surface area (Å²) in [7, 11) is 0. The first-order valence-corrected chi connectivity index (χ1v) is 7.88. The maximum atomic E-state index is 12.3. The number of carbonyl (C=O) groups excluding carboxylic acids is 1. The highest BCUT2D eigenvalue weighted by Gasteiger charge is 2.31. The van der Waals surface area contributed by atoms with Crippen molar-refractivity contribution in [2.75, 3.05) is 18.9 Å². The Morgan fingerprint density at radius 2 is 2.32 bits per heavy atom. The fraction of sp³-hybridized carbons (Fsp3) is 0.500. The summed E-state index contributed by atoms with van der Waals surface area (Å²) in [5, 5.41) is 7.30. The molecule has 3 heterocycles. The Labute approximate surface area is 131 Å². The number of anilines is 1. The predicted molar refractivity (Wildman–Crippen MR) is 81.8 cm³/mol. The molecule has 1 saturated heterocycles. The Hall–Kier alpha value is -1.93. The van der Waals surface area contributed by atoms with Crippen LogP contribution in [-0.2, 0) is 11.2 Å². The Morgan fingerprint density at radius 1 is 1.50 bits per heavy atom. The first-order chi connectivity index (χ1) is 10.5. The molecule has 7 nitrogen and oxygen atoms in total. The van der Waals surface area contributed by atoms with Gasteiger partial charge in [-0.3, -0.25) is 4.79 Å². The second-order valence-electron chi connectivity index (χ2n) is 5.48. The van der Waals surface area contributed by atoms with Crippen molar-refractivity contribution in [3.63, 3.8) is 0 Å². The Balaban J connectivity index is 1.66. The van der Waals surface area contributed by atoms with E-state index in [1.807, 2.05) is 13.0 Å². The molecular formula is C14H18N4O3S. The third-order valence-electron chi connectivity index (χ3n) is 3.67. The van der Waals surface area contributed by atoms with Gasteiger partial charge in [-0.15, -0.1) is 0 Å². The lowest BCUT2D eigenvalue weighted by atomic mass is 9.98. The summed E-state index contributed by atoms with van der Waals surface area (Å²) in [4.78, 5) is 17.0. The molecule has 2 aromatic rings. The lowest BCUT2D eigenvalue weighted by molar-refractivity contribution is 0.0928. The van der Waals surface area contributed by atoms with Crippen LogP contribution in [0.2, 0.25) is 0 Å². The van der Waals surface area contributed by atoms with E-state index in [0.29, 0.717) is 35.3 Å². The summed E-state index contributed by atoms with van der Waals surface area (Å²) < 4.78 is 10.8. The maximum absolute atomic E-state index is 12.3. The second kappa shape index (κ2) is 6.05. The third-order valence-corrected chi connectivity index (χ3v) is 4.66. The molecule has 1 amide bonds. The number of hydrogen-bond acceptors (Lipinski definition) is 7. The van der Waals surface area contributed by atoms with E-state index in [1.165, 1.54) is 11.3 Å². The van der Waals surface area contributed by atoms with Crippen molar-refractivity contribution in [2.45, 2.75) is 26.3 Å². The van der Waals surface area contributed by atoms with Crippen molar-refractivity contribution in [3.8, 4) is 0 Å². The molecule has 0 unspecified atom stereocenters. The van der Waals surface area contributed by atoms with Gasteiger partial charge in [-0.05, 0) is 13.8 Å². The van der Waals surface area contributed by atoms with Crippen LogP contribution in [-0.4, -0.2) is 35.3 Å². The summed E-state index contributed by atoms with van der Waals surface area (Å²) in [5.74, 6) is 0.827. The molecule has 2 atom stereocenters. The standard InChI is InChI=1S/C14H18N4O3S/c1-7-3-10(21-18-7)4-9-5-20-6-11(9)17-13(19)12-8(2)16-14(15)22-12/h3,9,11H,4-6H2,1-2H3,(H2,15,16)(H,17,19)/t9-,11+/m0/s1. The molecule has 0 spiro atoms. The summed E-state index contributed by atoms with van der Waals surface area (Å²) in [5.41, 5.74) is 7.15. The Bertz CT molecular complexity index is 681. The zero-order valence-corrected chi connectivity index (χ0v) is 13.3. The van der Waals surface area contributed by atoms with Gasteiger partial charge in [-0.1, -0.05) is 16.5 Å². The molecule has 0 aliphatic carbocycles. The number of thiazole rings is 1. The van der Waals surface area contributed by atoms with Crippen LogP contribution in [0.15, 0.2) is 10.6 Å². The van der Waals surface area contributed by atoms with Crippen molar-refractivity contribution in [2.24, 2.45) is 5.92 Å². The highest BCUT2D eigenvalue weighted by atomic mass is 32.1. The molecule has 0 radical (unpaired) electrons. The van der Waals surface area contributed by atoms with Gasteiger partial charge in [0.05, 0.1) is 30.6 Å². The number of nitrogens with zero attached hydrogens (tertiary/aromatic N) is 2. The van der Waals surface area contributed by atoms with Crippen LogP contribution in [0.25, 0.3) is 0 Å². The first-order valence-electron chi connectivity index (χ1n) is 7.06. The van der Waals surface area contributed by atoms with Crippen LogP contribution in [0, 0.1) is 19.8 Å². The van der Waals surface area contributed by atoms with Crippen LogP contribution < -0.4 is 11.1 Å². The van der Waals surface area contributed by atoms with Gasteiger partial charge in [0, 0.05) is 18.4 Å². The summed E-state index contributed by atoms with van der Waals surface area (Å²) in [6, 6.07) is 1.85. The molecule has 0 bridgehead atoms. The monoisotopic (exact) mass is 322 g/mol. The number of nitrogen functional groups attached to an aromatic ring is 1. The Morgan fingerprint density at radius 3 is 2.95 bits per heavy atom. The molecule has 8 heteroatoms. The van der Waals surface area contributed by atoms with Gasteiger partial charge in [0.2, 0.25) is 0 Å². The van der Waals surface area contributed by atoms with Crippen molar-refractivity contribution in [1.82, 2.24) is 15.5 Å². The van der Waals surface area contributed by atoms with E-state index < -0.39 is 0 Å². The van der Waals surface area contributed by atoms with E-state index in [-0.39, 0.29) is 17.9 Å². The molecule has 3 N–H and O–H groups in total. The number of amides is 1. The molecule has 118 valence electrons. The van der Waals surface area contributed by atoms with E-state index in [0.717, 1.165) is 11.5 Å². The van der Waals surface area contributed by atoms with Gasteiger partial charge < -0.3 is 20.3 Å². The zero-order valence-electron chi connectivity index (χ0n) is 12.5. The quantitative estimate of drug-likeness (QED) is 0.880. The molecule has 1 aliphatic rings. The molecular weight excluding hydrogens is 304 g/mol. The second-order valence-corrected chi connectivity index (χ2v) is 6.51. The van der Waals surface area contributed by atoms with Crippen molar-refractivity contribution in [1.29, 1.82) is 0 Å². The predicted octanol–water partition coefficient (Wildman–Crippen LogP) is 1.32. The first kappa shape index (κ1) is 15.0. The van der Waals surface area contributed by atoms with Gasteiger partial charge in [-0.25, -0.2) is 4.98 Å². The number of rotatable bonds is 4. The number of ether oxygens (including phenoxy) is 1. The lowest BCUT2D eigenvalue weighted by Crippen LogP contribution is -2.40. The molecule has 3 rings (SSSR count). The summed E-state index contributed by atoms with van der Waals surface area (Å²) in [6.45, 7) is 4.75. The maximum Gasteiger partial charge on any atom is 0.263 e. The third kappa shape index (κ3) is 3.12. The normalized spacial score (nSPS) is 21.2. The minimum Gasteiger partial charge on any atom is -0.379 e. The smallest absolute Gasteiger partial charge is 0.263 e. The highest BCUT2D eigenvalue weighted by Crippen LogP contribution is 2.23. The van der Waals surface area contributed by atoms with Crippen molar-refractivity contribution < 1.29 is 14.1 Å².